The molecule has 0 heterocycles. The molecule has 3 nitrogen and oxygen atoms in total. The zero-order chi connectivity index (χ0) is 16.8. The van der Waals surface area contributed by atoms with E-state index in [1.54, 1.807) is 18.2 Å². The van der Waals surface area contributed by atoms with Gasteiger partial charge in [0.05, 0.1) is 4.90 Å². The minimum absolute atomic E-state index is 0.0741. The Balaban J connectivity index is 0.000000224. The first-order chi connectivity index (χ1) is 10.2. The van der Waals surface area contributed by atoms with E-state index >= 15 is 0 Å². The maximum Gasteiger partial charge on any atom is 0.294 e. The van der Waals surface area contributed by atoms with Gasteiger partial charge in [-0.15, -0.1) is 0 Å². The molecule has 2 aromatic carbocycles. The number of hydrogen-bond donors (Lipinski definition) is 1. The first-order valence-corrected chi connectivity index (χ1v) is 8.86. The maximum atomic E-state index is 10.4. The fourth-order valence-electron chi connectivity index (χ4n) is 1.73. The molecule has 0 aliphatic heterocycles. The van der Waals surface area contributed by atoms with Crippen LogP contribution in [-0.4, -0.2) is 13.0 Å². The van der Waals surface area contributed by atoms with Crippen molar-refractivity contribution in [1.82, 2.24) is 0 Å². The van der Waals surface area contributed by atoms with E-state index in [2.05, 4.69) is 13.8 Å². The van der Waals surface area contributed by atoms with Gasteiger partial charge in [0.15, 0.2) is 0 Å². The highest BCUT2D eigenvalue weighted by atomic mass is 35.5. The molecule has 0 atom stereocenters. The molecule has 0 spiro atoms. The zero-order valence-corrected chi connectivity index (χ0v) is 14.7. The lowest BCUT2D eigenvalue weighted by Crippen LogP contribution is -1.96. The van der Waals surface area contributed by atoms with Gasteiger partial charge in [0.2, 0.25) is 0 Å². The monoisotopic (exact) mass is 360 g/mol. The summed E-state index contributed by atoms with van der Waals surface area (Å²) in [6, 6.07) is 13.0. The maximum absolute atomic E-state index is 10.4. The summed E-state index contributed by atoms with van der Waals surface area (Å²) in [5, 5.41) is 1.57. The molecule has 120 valence electrons. The van der Waals surface area contributed by atoms with Crippen molar-refractivity contribution < 1.29 is 13.0 Å². The lowest BCUT2D eigenvalue weighted by Gasteiger charge is -2.06. The number of rotatable bonds is 3. The first kappa shape index (κ1) is 19.0. The molecule has 0 aliphatic carbocycles. The predicted octanol–water partition coefficient (Wildman–Crippen LogP) is 5.13. The Labute approximate surface area is 141 Å². The molecule has 6 heteroatoms. The van der Waals surface area contributed by atoms with Gasteiger partial charge in [-0.05, 0) is 48.2 Å². The van der Waals surface area contributed by atoms with Crippen molar-refractivity contribution in [3.63, 3.8) is 0 Å². The van der Waals surface area contributed by atoms with E-state index in [-0.39, 0.29) is 4.90 Å². The van der Waals surface area contributed by atoms with E-state index in [9.17, 15) is 8.42 Å². The van der Waals surface area contributed by atoms with E-state index in [0.29, 0.717) is 5.92 Å². The first-order valence-electron chi connectivity index (χ1n) is 6.66. The molecule has 0 unspecified atom stereocenters. The van der Waals surface area contributed by atoms with Gasteiger partial charge in [-0.3, -0.25) is 4.55 Å². The van der Waals surface area contributed by atoms with Gasteiger partial charge >= 0.3 is 0 Å². The Kier molecular flexibility index (Phi) is 7.36. The third-order valence-electron chi connectivity index (χ3n) is 2.68. The molecule has 0 aliphatic rings. The Hall–Kier alpha value is -1.07. The molecule has 1 N–H and O–H groups in total. The summed E-state index contributed by atoms with van der Waals surface area (Å²) in [6.07, 6.45) is 0.986. The molecule has 0 bridgehead atoms. The summed E-state index contributed by atoms with van der Waals surface area (Å²) in [5.41, 5.74) is 1.14. The molecule has 0 aromatic heterocycles. The molecule has 0 saturated heterocycles. The summed E-state index contributed by atoms with van der Waals surface area (Å²) in [5.74, 6) is 0.612. The van der Waals surface area contributed by atoms with E-state index in [0.717, 1.165) is 22.0 Å². The molecule has 0 amide bonds. The van der Waals surface area contributed by atoms with E-state index in [1.807, 2.05) is 18.2 Å². The predicted molar refractivity (Wildman–Crippen MR) is 91.3 cm³/mol. The van der Waals surface area contributed by atoms with Crippen molar-refractivity contribution in [3.8, 4) is 0 Å². The van der Waals surface area contributed by atoms with Crippen LogP contribution in [0.4, 0.5) is 0 Å². The summed E-state index contributed by atoms with van der Waals surface area (Å²) in [6.45, 7) is 4.33. The average Bonchev–Trinajstić information content (AvgIpc) is 2.43. The molecular weight excluding hydrogens is 343 g/mol. The minimum atomic E-state index is -4.00. The van der Waals surface area contributed by atoms with Crippen molar-refractivity contribution in [2.45, 2.75) is 25.2 Å². The second-order valence-corrected chi connectivity index (χ2v) is 7.39. The average molecular weight is 361 g/mol. The summed E-state index contributed by atoms with van der Waals surface area (Å²) in [7, 11) is -4.00. The Morgan fingerprint density at radius 2 is 1.64 bits per heavy atom. The van der Waals surface area contributed by atoms with Crippen molar-refractivity contribution in [2.75, 3.05) is 0 Å². The fourth-order valence-corrected chi connectivity index (χ4v) is 2.62. The van der Waals surface area contributed by atoms with E-state index < -0.39 is 10.1 Å². The van der Waals surface area contributed by atoms with Crippen molar-refractivity contribution in [3.05, 3.63) is 64.1 Å². The fraction of sp³-hybridized carbons (Fsp3) is 0.250. The topological polar surface area (TPSA) is 54.4 Å². The normalized spacial score (nSPS) is 11.0. The van der Waals surface area contributed by atoms with Crippen LogP contribution in [0.25, 0.3) is 0 Å². The van der Waals surface area contributed by atoms with Gasteiger partial charge in [0, 0.05) is 10.0 Å². The number of halogens is 2. The van der Waals surface area contributed by atoms with Gasteiger partial charge in [0.1, 0.15) is 0 Å². The second-order valence-electron chi connectivity index (χ2n) is 5.12. The highest BCUT2D eigenvalue weighted by Crippen LogP contribution is 2.22. The Bertz CT molecular complexity index is 699. The van der Waals surface area contributed by atoms with E-state index in [1.165, 1.54) is 12.1 Å². The van der Waals surface area contributed by atoms with Crippen LogP contribution in [0, 0.1) is 5.92 Å². The zero-order valence-electron chi connectivity index (χ0n) is 12.3. The lowest BCUT2D eigenvalue weighted by molar-refractivity contribution is 0.483. The van der Waals surface area contributed by atoms with Gasteiger partial charge in [0.25, 0.3) is 10.1 Å². The van der Waals surface area contributed by atoms with Gasteiger partial charge in [-0.2, -0.15) is 8.42 Å². The lowest BCUT2D eigenvalue weighted by atomic mass is 10.0. The second kappa shape index (κ2) is 8.53. The molecular formula is C16H18Cl2O3S. The molecule has 0 fully saturated rings. The standard InChI is InChI=1S/C10H12Cl2.C6H6O3S/c1-7(2)5-8-6-9(11)3-4-10(8)12;7-10(8,9)6-4-2-1-3-5-6/h3-4,6-7H,5H2,1-2H3;1-5H,(H,7,8,9). The van der Waals surface area contributed by atoms with Crippen LogP contribution < -0.4 is 0 Å². The highest BCUT2D eigenvalue weighted by Gasteiger charge is 2.05. The third kappa shape index (κ3) is 6.79. The van der Waals surface area contributed by atoms with Crippen molar-refractivity contribution >= 4 is 33.3 Å². The van der Waals surface area contributed by atoms with Crippen LogP contribution >= 0.6 is 23.2 Å². The van der Waals surface area contributed by atoms with E-state index in [4.69, 9.17) is 27.8 Å². The quantitative estimate of drug-likeness (QED) is 0.772. The third-order valence-corrected chi connectivity index (χ3v) is 4.15. The summed E-state index contributed by atoms with van der Waals surface area (Å²) in [4.78, 5) is -0.0741. The largest absolute Gasteiger partial charge is 0.294 e. The Morgan fingerprint density at radius 3 is 2.09 bits per heavy atom. The molecule has 0 saturated carbocycles. The molecule has 2 aromatic rings. The van der Waals surface area contributed by atoms with Crippen molar-refractivity contribution in [2.24, 2.45) is 5.92 Å². The highest BCUT2D eigenvalue weighted by molar-refractivity contribution is 7.85. The number of hydrogen-bond acceptors (Lipinski definition) is 2. The molecule has 0 radical (unpaired) electrons. The summed E-state index contributed by atoms with van der Waals surface area (Å²) >= 11 is 11.8. The minimum Gasteiger partial charge on any atom is -0.282 e. The van der Waals surface area contributed by atoms with Crippen LogP contribution in [0.5, 0.6) is 0 Å². The van der Waals surface area contributed by atoms with Crippen LogP contribution in [0.15, 0.2) is 53.4 Å². The Morgan fingerprint density at radius 1 is 1.05 bits per heavy atom. The van der Waals surface area contributed by atoms with Gasteiger partial charge < -0.3 is 0 Å². The molecule has 2 rings (SSSR count). The SMILES string of the molecule is CC(C)Cc1cc(Cl)ccc1Cl.O=S(=O)(O)c1ccccc1. The van der Waals surface area contributed by atoms with Crippen LogP contribution in [0.2, 0.25) is 10.0 Å². The van der Waals surface area contributed by atoms with Gasteiger partial charge in [-0.1, -0.05) is 55.2 Å². The van der Waals surface area contributed by atoms with Crippen LogP contribution in [0.3, 0.4) is 0 Å². The van der Waals surface area contributed by atoms with Crippen LogP contribution in [0.1, 0.15) is 19.4 Å². The van der Waals surface area contributed by atoms with Crippen molar-refractivity contribution in [1.29, 1.82) is 0 Å². The number of benzene rings is 2. The summed E-state index contributed by atoms with van der Waals surface area (Å²) < 4.78 is 29.2. The van der Waals surface area contributed by atoms with Crippen LogP contribution in [-0.2, 0) is 16.5 Å². The smallest absolute Gasteiger partial charge is 0.282 e. The van der Waals surface area contributed by atoms with Gasteiger partial charge in [-0.25, -0.2) is 0 Å². The molecule has 22 heavy (non-hydrogen) atoms.